The van der Waals surface area contributed by atoms with Gasteiger partial charge in [-0.1, -0.05) is 12.8 Å². The molecule has 1 aliphatic carbocycles. The normalized spacial score (nSPS) is 21.4. The van der Waals surface area contributed by atoms with Crippen LogP contribution in [0.3, 0.4) is 0 Å². The molecule has 0 radical (unpaired) electrons. The lowest BCUT2D eigenvalue weighted by atomic mass is 9.81. The Hall–Kier alpha value is -2.57. The summed E-state index contributed by atoms with van der Waals surface area (Å²) in [6, 6.07) is 5.21. The van der Waals surface area contributed by atoms with Crippen LogP contribution in [0.1, 0.15) is 46.0 Å². The first-order valence-electron chi connectivity index (χ1n) is 10.1. The van der Waals surface area contributed by atoms with Gasteiger partial charge in [-0.05, 0) is 38.8 Å². The van der Waals surface area contributed by atoms with Crippen LogP contribution in [0.15, 0.2) is 18.2 Å². The number of imide groups is 1. The van der Waals surface area contributed by atoms with Gasteiger partial charge in [0.15, 0.2) is 11.5 Å². The summed E-state index contributed by atoms with van der Waals surface area (Å²) in [6.07, 6.45) is 3.63. The van der Waals surface area contributed by atoms with Gasteiger partial charge >= 0.3 is 0 Å². The maximum absolute atomic E-state index is 12.5. The molecule has 1 heterocycles. The molecule has 1 aromatic carbocycles. The molecule has 0 aromatic heterocycles. The Balaban J connectivity index is 1.58. The van der Waals surface area contributed by atoms with Gasteiger partial charge in [0.05, 0.1) is 25.0 Å². The van der Waals surface area contributed by atoms with Crippen molar-refractivity contribution in [3.05, 3.63) is 18.2 Å². The van der Waals surface area contributed by atoms with E-state index in [9.17, 15) is 14.4 Å². The molecule has 3 rings (SSSR count). The molecule has 1 N–H and O–H groups in total. The Morgan fingerprint density at radius 2 is 1.64 bits per heavy atom. The molecule has 0 unspecified atom stereocenters. The van der Waals surface area contributed by atoms with Crippen LogP contribution < -0.4 is 14.8 Å². The molecule has 1 aliphatic heterocycles. The second kappa shape index (κ2) is 9.08. The maximum atomic E-state index is 12.5. The molecule has 1 saturated carbocycles. The summed E-state index contributed by atoms with van der Waals surface area (Å²) >= 11 is 0. The summed E-state index contributed by atoms with van der Waals surface area (Å²) in [5, 5.41) is 2.80. The number of carbonyl (C=O) groups excluding carboxylic acids is 3. The molecule has 0 spiro atoms. The first-order chi connectivity index (χ1) is 13.5. The van der Waals surface area contributed by atoms with Gasteiger partial charge in [0.2, 0.25) is 17.7 Å². The molecular formula is C21H28N2O5. The monoisotopic (exact) mass is 388 g/mol. The minimum Gasteiger partial charge on any atom is -0.490 e. The van der Waals surface area contributed by atoms with E-state index in [0.717, 1.165) is 25.7 Å². The molecule has 3 amide bonds. The molecule has 2 fully saturated rings. The summed E-state index contributed by atoms with van der Waals surface area (Å²) in [7, 11) is 0. The third-order valence-electron chi connectivity index (χ3n) is 5.32. The number of anilines is 1. The zero-order valence-electron chi connectivity index (χ0n) is 16.5. The van der Waals surface area contributed by atoms with Crippen molar-refractivity contribution in [3.8, 4) is 11.5 Å². The van der Waals surface area contributed by atoms with Crippen molar-refractivity contribution in [1.29, 1.82) is 0 Å². The number of nitrogens with zero attached hydrogens (tertiary/aromatic N) is 1. The highest BCUT2D eigenvalue weighted by Gasteiger charge is 2.47. The second-order valence-electron chi connectivity index (χ2n) is 7.15. The average Bonchev–Trinajstić information content (AvgIpc) is 2.93. The lowest BCUT2D eigenvalue weighted by molar-refractivity contribution is -0.140. The van der Waals surface area contributed by atoms with Crippen molar-refractivity contribution >= 4 is 23.4 Å². The van der Waals surface area contributed by atoms with Gasteiger partial charge < -0.3 is 14.8 Å². The first kappa shape index (κ1) is 20.2. The molecule has 28 heavy (non-hydrogen) atoms. The predicted molar refractivity (Wildman–Crippen MR) is 104 cm³/mol. The van der Waals surface area contributed by atoms with E-state index >= 15 is 0 Å². The average molecular weight is 388 g/mol. The van der Waals surface area contributed by atoms with Gasteiger partial charge in [-0.25, -0.2) is 0 Å². The predicted octanol–water partition coefficient (Wildman–Crippen LogP) is 2.99. The lowest BCUT2D eigenvalue weighted by Crippen LogP contribution is -2.34. The molecule has 7 heteroatoms. The minimum absolute atomic E-state index is 0.0775. The number of ether oxygens (including phenoxy) is 2. The van der Waals surface area contributed by atoms with E-state index in [0.29, 0.717) is 30.4 Å². The number of benzene rings is 1. The number of hydrogen-bond donors (Lipinski definition) is 1. The van der Waals surface area contributed by atoms with Crippen LogP contribution in [0, 0.1) is 11.8 Å². The van der Waals surface area contributed by atoms with E-state index in [1.807, 2.05) is 13.8 Å². The number of nitrogens with one attached hydrogen (secondary N) is 1. The van der Waals surface area contributed by atoms with E-state index in [4.69, 9.17) is 9.47 Å². The number of carbonyl (C=O) groups is 3. The molecule has 1 saturated heterocycles. The van der Waals surface area contributed by atoms with Gasteiger partial charge in [-0.2, -0.15) is 0 Å². The minimum atomic E-state index is -0.248. The number of fused-ring (bicyclic) bond motifs is 1. The van der Waals surface area contributed by atoms with Crippen LogP contribution >= 0.6 is 0 Å². The third-order valence-corrected chi connectivity index (χ3v) is 5.32. The van der Waals surface area contributed by atoms with Crippen LogP contribution in [-0.2, 0) is 14.4 Å². The number of hydrogen-bond acceptors (Lipinski definition) is 5. The van der Waals surface area contributed by atoms with Gasteiger partial charge in [-0.15, -0.1) is 0 Å². The SMILES string of the molecule is CCOc1ccc(NC(=O)CCN2C(=O)[C@@H]3CCCC[C@H]3C2=O)cc1OCC. The quantitative estimate of drug-likeness (QED) is 0.692. The fourth-order valence-electron chi connectivity index (χ4n) is 4.02. The molecule has 2 atom stereocenters. The van der Waals surface area contributed by atoms with Crippen molar-refractivity contribution in [2.75, 3.05) is 25.1 Å². The van der Waals surface area contributed by atoms with E-state index in [1.54, 1.807) is 18.2 Å². The Morgan fingerprint density at radius 1 is 1.04 bits per heavy atom. The third kappa shape index (κ3) is 4.29. The maximum Gasteiger partial charge on any atom is 0.233 e. The zero-order chi connectivity index (χ0) is 20.1. The Kier molecular flexibility index (Phi) is 6.54. The fourth-order valence-corrected chi connectivity index (χ4v) is 4.02. The van der Waals surface area contributed by atoms with E-state index in [-0.39, 0.29) is 42.5 Å². The van der Waals surface area contributed by atoms with Crippen LogP contribution in [0.2, 0.25) is 0 Å². The summed E-state index contributed by atoms with van der Waals surface area (Å²) in [4.78, 5) is 38.6. The van der Waals surface area contributed by atoms with E-state index < -0.39 is 0 Å². The Morgan fingerprint density at radius 3 is 2.25 bits per heavy atom. The van der Waals surface area contributed by atoms with Gasteiger partial charge in [0, 0.05) is 24.7 Å². The summed E-state index contributed by atoms with van der Waals surface area (Å²) < 4.78 is 11.1. The summed E-state index contributed by atoms with van der Waals surface area (Å²) in [5.74, 6) is 0.370. The van der Waals surface area contributed by atoms with Gasteiger partial charge in [-0.3, -0.25) is 19.3 Å². The van der Waals surface area contributed by atoms with Crippen molar-refractivity contribution in [2.24, 2.45) is 11.8 Å². The number of amides is 3. The summed E-state index contributed by atoms with van der Waals surface area (Å²) in [5.41, 5.74) is 0.588. The Labute approximate surface area is 165 Å². The number of rotatable bonds is 8. The molecule has 7 nitrogen and oxygen atoms in total. The molecule has 152 valence electrons. The molecular weight excluding hydrogens is 360 g/mol. The van der Waals surface area contributed by atoms with E-state index in [2.05, 4.69) is 5.32 Å². The fraction of sp³-hybridized carbons (Fsp3) is 0.571. The van der Waals surface area contributed by atoms with Gasteiger partial charge in [0.25, 0.3) is 0 Å². The largest absolute Gasteiger partial charge is 0.490 e. The summed E-state index contributed by atoms with van der Waals surface area (Å²) in [6.45, 7) is 4.90. The second-order valence-corrected chi connectivity index (χ2v) is 7.15. The first-order valence-corrected chi connectivity index (χ1v) is 10.1. The molecule has 0 bridgehead atoms. The molecule has 1 aromatic rings. The van der Waals surface area contributed by atoms with Crippen molar-refractivity contribution in [1.82, 2.24) is 4.90 Å². The van der Waals surface area contributed by atoms with Gasteiger partial charge in [0.1, 0.15) is 0 Å². The highest BCUT2D eigenvalue weighted by atomic mass is 16.5. The van der Waals surface area contributed by atoms with Crippen LogP contribution in [0.4, 0.5) is 5.69 Å². The van der Waals surface area contributed by atoms with Crippen LogP contribution in [-0.4, -0.2) is 42.4 Å². The highest BCUT2D eigenvalue weighted by Crippen LogP contribution is 2.38. The number of likely N-dealkylation sites (tertiary alicyclic amines) is 1. The Bertz CT molecular complexity index is 724. The van der Waals surface area contributed by atoms with Crippen molar-refractivity contribution in [2.45, 2.75) is 46.0 Å². The van der Waals surface area contributed by atoms with Crippen molar-refractivity contribution in [3.63, 3.8) is 0 Å². The molecule has 2 aliphatic rings. The zero-order valence-corrected chi connectivity index (χ0v) is 16.5. The van der Waals surface area contributed by atoms with Crippen molar-refractivity contribution < 1.29 is 23.9 Å². The standard InChI is InChI=1S/C21H28N2O5/c1-3-27-17-10-9-14(13-18(17)28-4-2)22-19(24)11-12-23-20(25)15-7-5-6-8-16(15)21(23)26/h9-10,13,15-16H,3-8,11-12H2,1-2H3,(H,22,24)/t15-,16-/m1/s1. The van der Waals surface area contributed by atoms with Crippen LogP contribution in [0.25, 0.3) is 0 Å². The smallest absolute Gasteiger partial charge is 0.233 e. The topological polar surface area (TPSA) is 84.9 Å². The highest BCUT2D eigenvalue weighted by molar-refractivity contribution is 6.05. The van der Waals surface area contributed by atoms with Crippen LogP contribution in [0.5, 0.6) is 11.5 Å². The van der Waals surface area contributed by atoms with E-state index in [1.165, 1.54) is 4.90 Å². The lowest BCUT2D eigenvalue weighted by Gasteiger charge is -2.19.